The first kappa shape index (κ1) is 21.2. The Morgan fingerprint density at radius 3 is 2.37 bits per heavy atom. The van der Waals surface area contributed by atoms with Gasteiger partial charge in [0.25, 0.3) is 5.91 Å². The van der Waals surface area contributed by atoms with Crippen molar-refractivity contribution in [2.45, 2.75) is 17.7 Å². The van der Waals surface area contributed by atoms with Crippen LogP contribution in [0.5, 0.6) is 0 Å². The Bertz CT molecular complexity index is 1130. The maximum atomic E-state index is 12.2. The number of carbonyl (C=O) groups excluding carboxylic acids is 2. The summed E-state index contributed by atoms with van der Waals surface area (Å²) in [5.41, 5.74) is 7.20. The summed E-state index contributed by atoms with van der Waals surface area (Å²) in [6, 6.07) is 17.2. The van der Waals surface area contributed by atoms with E-state index in [-0.39, 0.29) is 22.9 Å². The van der Waals surface area contributed by atoms with E-state index in [4.69, 9.17) is 0 Å². The molecule has 10 heteroatoms. The Kier molecular flexibility index (Phi) is 6.60. The first-order valence-electron chi connectivity index (χ1n) is 9.11. The number of hydrogen-bond acceptors (Lipinski definition) is 5. The van der Waals surface area contributed by atoms with E-state index >= 15 is 0 Å². The molecule has 2 aromatic carbocycles. The molecule has 1 heterocycles. The predicted molar refractivity (Wildman–Crippen MR) is 111 cm³/mol. The molecule has 0 fully saturated rings. The highest BCUT2D eigenvalue weighted by atomic mass is 32.2. The number of amides is 2. The molecule has 0 saturated carbocycles. The Balaban J connectivity index is 1.48. The van der Waals surface area contributed by atoms with Crippen LogP contribution in [0.25, 0.3) is 11.3 Å². The summed E-state index contributed by atoms with van der Waals surface area (Å²) < 4.78 is 25.6. The number of aromatic nitrogens is 2. The number of carbonyl (C=O) groups is 2. The zero-order chi connectivity index (χ0) is 21.6. The van der Waals surface area contributed by atoms with Crippen LogP contribution in [0.3, 0.4) is 0 Å². The summed E-state index contributed by atoms with van der Waals surface area (Å²) in [4.78, 5) is 24.3. The number of H-pyrrole nitrogens is 1. The van der Waals surface area contributed by atoms with Crippen LogP contribution in [0.4, 0.5) is 0 Å². The van der Waals surface area contributed by atoms with Gasteiger partial charge in [0.15, 0.2) is 0 Å². The van der Waals surface area contributed by atoms with Gasteiger partial charge >= 0.3 is 0 Å². The van der Waals surface area contributed by atoms with Crippen molar-refractivity contribution < 1.29 is 18.0 Å². The molecule has 4 N–H and O–H groups in total. The van der Waals surface area contributed by atoms with Crippen molar-refractivity contribution in [3.63, 3.8) is 0 Å². The topological polar surface area (TPSA) is 133 Å². The van der Waals surface area contributed by atoms with Crippen molar-refractivity contribution in [1.29, 1.82) is 0 Å². The summed E-state index contributed by atoms with van der Waals surface area (Å²) in [6.45, 7) is 0. The first-order chi connectivity index (χ1) is 14.4. The molecule has 3 aromatic rings. The minimum Gasteiger partial charge on any atom is -0.273 e. The molecule has 0 saturated heterocycles. The lowest BCUT2D eigenvalue weighted by atomic mass is 10.1. The zero-order valence-corrected chi connectivity index (χ0v) is 17.0. The molecule has 0 aliphatic carbocycles. The Labute approximate surface area is 173 Å². The Hall–Kier alpha value is -3.50. The zero-order valence-electron chi connectivity index (χ0n) is 16.2. The standard InChI is InChI=1S/C20H21N5O4S/c1-21-30(28,29)16-10-7-14(8-11-16)9-12-19(26)24-25-20(27)18-13-17(22-23-18)15-5-3-2-4-6-15/h2-8,10-11,13,21H,9,12H2,1H3,(H,22,23)(H,24,26)(H,25,27). The number of nitrogens with one attached hydrogen (secondary N) is 4. The smallest absolute Gasteiger partial charge is 0.273 e. The van der Waals surface area contributed by atoms with E-state index in [1.165, 1.54) is 19.2 Å². The second kappa shape index (κ2) is 9.33. The highest BCUT2D eigenvalue weighted by Gasteiger charge is 2.13. The molecular formula is C20H21N5O4S. The van der Waals surface area contributed by atoms with Gasteiger partial charge in [-0.3, -0.25) is 25.5 Å². The third-order valence-electron chi connectivity index (χ3n) is 4.35. The minimum absolute atomic E-state index is 0.122. The normalized spacial score (nSPS) is 11.1. The maximum absolute atomic E-state index is 12.2. The van der Waals surface area contributed by atoms with E-state index in [2.05, 4.69) is 25.8 Å². The van der Waals surface area contributed by atoms with Crippen LogP contribution in [0.1, 0.15) is 22.5 Å². The van der Waals surface area contributed by atoms with Gasteiger partial charge in [-0.2, -0.15) is 5.10 Å². The molecule has 30 heavy (non-hydrogen) atoms. The number of hydrazine groups is 1. The fourth-order valence-corrected chi connectivity index (χ4v) is 3.39. The summed E-state index contributed by atoms with van der Waals surface area (Å²) in [6.07, 6.45) is 0.514. The van der Waals surface area contributed by atoms with Gasteiger partial charge in [0.05, 0.1) is 10.6 Å². The maximum Gasteiger partial charge on any atom is 0.287 e. The van der Waals surface area contributed by atoms with Crippen LogP contribution in [0, 0.1) is 0 Å². The van der Waals surface area contributed by atoms with Gasteiger partial charge in [0.2, 0.25) is 15.9 Å². The summed E-state index contributed by atoms with van der Waals surface area (Å²) >= 11 is 0. The second-order valence-corrected chi connectivity index (χ2v) is 8.27. The molecule has 0 aliphatic heterocycles. The molecule has 1 aromatic heterocycles. The van der Waals surface area contributed by atoms with Crippen LogP contribution in [-0.2, 0) is 21.2 Å². The highest BCUT2D eigenvalue weighted by molar-refractivity contribution is 7.89. The highest BCUT2D eigenvalue weighted by Crippen LogP contribution is 2.16. The molecule has 0 radical (unpaired) electrons. The molecule has 0 unspecified atom stereocenters. The minimum atomic E-state index is -3.49. The van der Waals surface area contributed by atoms with E-state index in [1.54, 1.807) is 18.2 Å². The SMILES string of the molecule is CNS(=O)(=O)c1ccc(CCC(=O)NNC(=O)c2cc(-c3ccccc3)n[nH]2)cc1. The lowest BCUT2D eigenvalue weighted by Crippen LogP contribution is -2.41. The van der Waals surface area contributed by atoms with Crippen molar-refractivity contribution in [2.75, 3.05) is 7.05 Å². The summed E-state index contributed by atoms with van der Waals surface area (Å²) in [7, 11) is -2.15. The molecular weight excluding hydrogens is 406 g/mol. The second-order valence-electron chi connectivity index (χ2n) is 6.39. The number of aromatic amines is 1. The van der Waals surface area contributed by atoms with E-state index in [9.17, 15) is 18.0 Å². The number of benzene rings is 2. The van der Waals surface area contributed by atoms with E-state index in [0.717, 1.165) is 11.1 Å². The van der Waals surface area contributed by atoms with Crippen LogP contribution < -0.4 is 15.6 Å². The monoisotopic (exact) mass is 427 g/mol. The van der Waals surface area contributed by atoms with Gasteiger partial charge < -0.3 is 0 Å². The fourth-order valence-electron chi connectivity index (χ4n) is 2.66. The van der Waals surface area contributed by atoms with E-state index < -0.39 is 15.9 Å². The average molecular weight is 427 g/mol. The molecule has 0 aliphatic rings. The molecule has 0 spiro atoms. The molecule has 3 rings (SSSR count). The number of rotatable bonds is 7. The third-order valence-corrected chi connectivity index (χ3v) is 5.78. The number of nitrogens with zero attached hydrogens (tertiary/aromatic N) is 1. The number of hydrogen-bond donors (Lipinski definition) is 4. The fraction of sp³-hybridized carbons (Fsp3) is 0.150. The average Bonchev–Trinajstić information content (AvgIpc) is 3.27. The van der Waals surface area contributed by atoms with Crippen LogP contribution in [-0.4, -0.2) is 37.5 Å². The van der Waals surface area contributed by atoms with Crippen LogP contribution in [0.2, 0.25) is 0 Å². The largest absolute Gasteiger partial charge is 0.287 e. The van der Waals surface area contributed by atoms with Crippen molar-refractivity contribution in [2.24, 2.45) is 0 Å². The summed E-state index contributed by atoms with van der Waals surface area (Å²) in [5.74, 6) is -0.891. The Morgan fingerprint density at radius 1 is 1.00 bits per heavy atom. The molecule has 0 atom stereocenters. The van der Waals surface area contributed by atoms with Crippen molar-refractivity contribution >= 4 is 21.8 Å². The lowest BCUT2D eigenvalue weighted by Gasteiger charge is -2.07. The molecule has 2 amide bonds. The molecule has 9 nitrogen and oxygen atoms in total. The number of sulfonamides is 1. The molecule has 156 valence electrons. The van der Waals surface area contributed by atoms with Gasteiger partial charge in [-0.1, -0.05) is 42.5 Å². The van der Waals surface area contributed by atoms with E-state index in [0.29, 0.717) is 12.1 Å². The van der Waals surface area contributed by atoms with Crippen molar-refractivity contribution in [3.05, 3.63) is 71.9 Å². The van der Waals surface area contributed by atoms with Crippen molar-refractivity contribution in [3.8, 4) is 11.3 Å². The van der Waals surface area contributed by atoms with Gasteiger partial charge in [-0.05, 0) is 37.2 Å². The summed E-state index contributed by atoms with van der Waals surface area (Å²) in [5, 5.41) is 6.74. The van der Waals surface area contributed by atoms with Crippen molar-refractivity contribution in [1.82, 2.24) is 25.8 Å². The van der Waals surface area contributed by atoms with Gasteiger partial charge in [0.1, 0.15) is 5.69 Å². The van der Waals surface area contributed by atoms with Gasteiger partial charge in [0, 0.05) is 12.0 Å². The van der Waals surface area contributed by atoms with Crippen LogP contribution >= 0.6 is 0 Å². The quantitative estimate of drug-likeness (QED) is 0.423. The Morgan fingerprint density at radius 2 is 1.70 bits per heavy atom. The van der Waals surface area contributed by atoms with Crippen LogP contribution in [0.15, 0.2) is 65.6 Å². The molecule has 0 bridgehead atoms. The predicted octanol–water partition coefficient (Wildman–Crippen LogP) is 1.38. The van der Waals surface area contributed by atoms with E-state index in [1.807, 2.05) is 30.3 Å². The number of aryl methyl sites for hydroxylation is 1. The first-order valence-corrected chi connectivity index (χ1v) is 10.6. The van der Waals surface area contributed by atoms with Gasteiger partial charge in [-0.25, -0.2) is 13.1 Å². The van der Waals surface area contributed by atoms with Gasteiger partial charge in [-0.15, -0.1) is 0 Å². The lowest BCUT2D eigenvalue weighted by molar-refractivity contribution is -0.121. The third kappa shape index (κ3) is 5.31.